The van der Waals surface area contributed by atoms with E-state index in [0.29, 0.717) is 22.8 Å². The second-order valence-corrected chi connectivity index (χ2v) is 5.90. The molecule has 0 saturated carbocycles. The summed E-state index contributed by atoms with van der Waals surface area (Å²) in [4.78, 5) is 4.41. The summed E-state index contributed by atoms with van der Waals surface area (Å²) in [6, 6.07) is 15.1. The van der Waals surface area contributed by atoms with Gasteiger partial charge in [0.2, 0.25) is 11.8 Å². The van der Waals surface area contributed by atoms with E-state index in [1.165, 1.54) is 11.8 Å². The largest absolute Gasteiger partial charge is 0.497 e. The summed E-state index contributed by atoms with van der Waals surface area (Å²) < 4.78 is 16.6. The van der Waals surface area contributed by atoms with E-state index in [2.05, 4.69) is 15.2 Å². The molecule has 7 heteroatoms. The number of aromatic nitrogens is 3. The van der Waals surface area contributed by atoms with Crippen LogP contribution in [-0.4, -0.2) is 22.3 Å². The van der Waals surface area contributed by atoms with Crippen molar-refractivity contribution in [3.05, 3.63) is 54.4 Å². The molecule has 0 unspecified atom stereocenters. The second kappa shape index (κ2) is 6.37. The maximum Gasteiger partial charge on any atom is 0.257 e. The number of methoxy groups -OCH3 is 1. The Balaban J connectivity index is 1.48. The molecule has 0 bridgehead atoms. The van der Waals surface area contributed by atoms with E-state index >= 15 is 0 Å². The molecule has 4 rings (SSSR count). The zero-order valence-electron chi connectivity index (χ0n) is 12.8. The van der Waals surface area contributed by atoms with Crippen LogP contribution in [0.5, 0.6) is 5.75 Å². The van der Waals surface area contributed by atoms with Gasteiger partial charge in [0, 0.05) is 5.56 Å². The molecule has 0 radical (unpaired) electrons. The molecule has 2 aromatic heterocycles. The molecule has 24 heavy (non-hydrogen) atoms. The first-order valence-corrected chi connectivity index (χ1v) is 8.25. The van der Waals surface area contributed by atoms with Crippen LogP contribution in [0.3, 0.4) is 0 Å². The van der Waals surface area contributed by atoms with Crippen molar-refractivity contribution in [1.82, 2.24) is 15.2 Å². The van der Waals surface area contributed by atoms with E-state index in [1.807, 2.05) is 48.5 Å². The molecule has 0 aliphatic rings. The lowest BCUT2D eigenvalue weighted by atomic mass is 10.2. The van der Waals surface area contributed by atoms with Crippen molar-refractivity contribution < 1.29 is 13.6 Å². The molecule has 6 nitrogen and oxygen atoms in total. The Morgan fingerprint density at radius 3 is 2.83 bits per heavy atom. The van der Waals surface area contributed by atoms with Gasteiger partial charge >= 0.3 is 0 Å². The first-order chi connectivity index (χ1) is 11.8. The minimum atomic E-state index is 0.460. The number of benzene rings is 2. The average Bonchev–Trinajstić information content (AvgIpc) is 3.26. The van der Waals surface area contributed by atoms with Gasteiger partial charge in [-0.15, -0.1) is 10.2 Å². The summed E-state index contributed by atoms with van der Waals surface area (Å²) in [5, 5.41) is 8.73. The number of oxazole rings is 1. The molecule has 120 valence electrons. The number of ether oxygens (including phenoxy) is 1. The topological polar surface area (TPSA) is 74.2 Å². The van der Waals surface area contributed by atoms with Crippen molar-refractivity contribution in [3.63, 3.8) is 0 Å². The highest BCUT2D eigenvalue weighted by molar-refractivity contribution is 7.98. The molecule has 0 N–H and O–H groups in total. The Hall–Kier alpha value is -2.80. The van der Waals surface area contributed by atoms with Crippen molar-refractivity contribution in [2.24, 2.45) is 0 Å². The number of rotatable bonds is 5. The van der Waals surface area contributed by atoms with Gasteiger partial charge in [-0.3, -0.25) is 0 Å². The third-order valence-electron chi connectivity index (χ3n) is 3.38. The van der Waals surface area contributed by atoms with Crippen molar-refractivity contribution in [1.29, 1.82) is 0 Å². The molecular weight excluding hydrogens is 326 g/mol. The van der Waals surface area contributed by atoms with E-state index < -0.39 is 0 Å². The molecule has 4 aromatic rings. The lowest BCUT2D eigenvalue weighted by Crippen LogP contribution is -1.83. The van der Waals surface area contributed by atoms with Crippen LogP contribution in [0, 0.1) is 0 Å². The third kappa shape index (κ3) is 2.98. The quantitative estimate of drug-likeness (QED) is 0.505. The standard InChI is InChI=1S/C17H13N3O3S/c1-21-12-6-4-5-11(9-12)16-20-19-15(23-16)10-24-17-18-13-7-2-3-8-14(13)22-17/h2-9H,10H2,1H3. The normalized spacial score (nSPS) is 11.0. The van der Waals surface area contributed by atoms with Crippen molar-refractivity contribution >= 4 is 22.9 Å². The molecule has 0 aliphatic carbocycles. The molecular formula is C17H13N3O3S. The number of para-hydroxylation sites is 2. The molecule has 0 spiro atoms. The highest BCUT2D eigenvalue weighted by atomic mass is 32.2. The van der Waals surface area contributed by atoms with Crippen LogP contribution in [0.4, 0.5) is 0 Å². The van der Waals surface area contributed by atoms with Gasteiger partial charge in [-0.25, -0.2) is 4.98 Å². The van der Waals surface area contributed by atoms with Gasteiger partial charge in [-0.2, -0.15) is 0 Å². The van der Waals surface area contributed by atoms with Crippen LogP contribution >= 0.6 is 11.8 Å². The lowest BCUT2D eigenvalue weighted by Gasteiger charge is -2.00. The smallest absolute Gasteiger partial charge is 0.257 e. The minimum absolute atomic E-state index is 0.460. The van der Waals surface area contributed by atoms with Gasteiger partial charge < -0.3 is 13.6 Å². The van der Waals surface area contributed by atoms with Crippen molar-refractivity contribution in [2.45, 2.75) is 11.0 Å². The second-order valence-electron chi connectivity index (χ2n) is 4.97. The van der Waals surface area contributed by atoms with E-state index in [-0.39, 0.29) is 0 Å². The van der Waals surface area contributed by atoms with E-state index in [9.17, 15) is 0 Å². The molecule has 2 aromatic carbocycles. The summed E-state index contributed by atoms with van der Waals surface area (Å²) in [5.41, 5.74) is 2.42. The molecule has 0 atom stereocenters. The first-order valence-electron chi connectivity index (χ1n) is 7.27. The highest BCUT2D eigenvalue weighted by Crippen LogP contribution is 2.27. The highest BCUT2D eigenvalue weighted by Gasteiger charge is 2.12. The van der Waals surface area contributed by atoms with Gasteiger partial charge in [-0.05, 0) is 30.3 Å². The van der Waals surface area contributed by atoms with Crippen LogP contribution in [0.1, 0.15) is 5.89 Å². The van der Waals surface area contributed by atoms with E-state index in [4.69, 9.17) is 13.6 Å². The Kier molecular flexibility index (Phi) is 3.92. The molecule has 0 saturated heterocycles. The van der Waals surface area contributed by atoms with Crippen LogP contribution in [0.2, 0.25) is 0 Å². The van der Waals surface area contributed by atoms with E-state index in [1.54, 1.807) is 7.11 Å². The lowest BCUT2D eigenvalue weighted by molar-refractivity contribution is 0.414. The molecule has 0 fully saturated rings. The SMILES string of the molecule is COc1cccc(-c2nnc(CSc3nc4ccccc4o3)o2)c1. The maximum atomic E-state index is 5.70. The predicted octanol–water partition coefficient (Wildman–Crippen LogP) is 4.18. The fourth-order valence-electron chi connectivity index (χ4n) is 2.22. The molecule has 2 heterocycles. The van der Waals surface area contributed by atoms with Crippen LogP contribution in [0.15, 0.2) is 62.6 Å². The summed E-state index contributed by atoms with van der Waals surface area (Å²) in [6.07, 6.45) is 0. The average molecular weight is 339 g/mol. The third-order valence-corrected chi connectivity index (χ3v) is 4.19. The number of hydrogen-bond donors (Lipinski definition) is 0. The van der Waals surface area contributed by atoms with Gasteiger partial charge in [0.15, 0.2) is 5.58 Å². The number of hydrogen-bond acceptors (Lipinski definition) is 7. The summed E-state index contributed by atoms with van der Waals surface area (Å²) in [6.45, 7) is 0. The summed E-state index contributed by atoms with van der Waals surface area (Å²) >= 11 is 1.42. The van der Waals surface area contributed by atoms with Gasteiger partial charge in [0.25, 0.3) is 5.22 Å². The Morgan fingerprint density at radius 2 is 1.96 bits per heavy atom. The predicted molar refractivity (Wildman–Crippen MR) is 89.9 cm³/mol. The fourth-order valence-corrected chi connectivity index (χ4v) is 2.90. The van der Waals surface area contributed by atoms with Gasteiger partial charge in [0.05, 0.1) is 12.9 Å². The van der Waals surface area contributed by atoms with Crippen LogP contribution < -0.4 is 4.74 Å². The monoisotopic (exact) mass is 339 g/mol. The zero-order valence-corrected chi connectivity index (χ0v) is 13.6. The van der Waals surface area contributed by atoms with Gasteiger partial charge in [0.1, 0.15) is 11.3 Å². The Morgan fingerprint density at radius 1 is 1.04 bits per heavy atom. The first kappa shape index (κ1) is 14.8. The Bertz CT molecular complexity index is 947. The van der Waals surface area contributed by atoms with Gasteiger partial charge in [-0.1, -0.05) is 30.0 Å². The maximum absolute atomic E-state index is 5.70. The van der Waals surface area contributed by atoms with Crippen LogP contribution in [-0.2, 0) is 5.75 Å². The van der Waals surface area contributed by atoms with Crippen molar-refractivity contribution in [3.8, 4) is 17.2 Å². The van der Waals surface area contributed by atoms with E-state index in [0.717, 1.165) is 22.4 Å². The van der Waals surface area contributed by atoms with Crippen LogP contribution in [0.25, 0.3) is 22.6 Å². The molecule has 0 aliphatic heterocycles. The zero-order chi connectivity index (χ0) is 16.4. The number of thioether (sulfide) groups is 1. The minimum Gasteiger partial charge on any atom is -0.497 e. The molecule has 0 amide bonds. The summed E-state index contributed by atoms with van der Waals surface area (Å²) in [5.74, 6) is 2.21. The fraction of sp³-hybridized carbons (Fsp3) is 0.118. The van der Waals surface area contributed by atoms with Crippen molar-refractivity contribution in [2.75, 3.05) is 7.11 Å². The number of nitrogens with zero attached hydrogens (tertiary/aromatic N) is 3. The Labute approximate surface area is 141 Å². The summed E-state index contributed by atoms with van der Waals surface area (Å²) in [7, 11) is 1.62. The number of fused-ring (bicyclic) bond motifs is 1.